The molecule has 1 fully saturated rings. The van der Waals surface area contributed by atoms with Gasteiger partial charge in [0.05, 0.1) is 24.9 Å². The van der Waals surface area contributed by atoms with Crippen LogP contribution < -0.4 is 16.0 Å². The van der Waals surface area contributed by atoms with E-state index in [4.69, 9.17) is 4.42 Å². The number of hydrogen-bond donors (Lipinski definition) is 3. The molecule has 1 aromatic carbocycles. The van der Waals surface area contributed by atoms with E-state index in [1.54, 1.807) is 35.2 Å². The molecule has 152 valence electrons. The van der Waals surface area contributed by atoms with Crippen LogP contribution in [0, 0.1) is 0 Å². The van der Waals surface area contributed by atoms with Gasteiger partial charge in [-0.15, -0.1) is 5.10 Å². The van der Waals surface area contributed by atoms with Crippen LogP contribution in [0.4, 0.5) is 4.79 Å². The summed E-state index contributed by atoms with van der Waals surface area (Å²) in [5.74, 6) is 0.624. The first-order chi connectivity index (χ1) is 14.2. The van der Waals surface area contributed by atoms with Crippen LogP contribution in [-0.4, -0.2) is 39.5 Å². The van der Waals surface area contributed by atoms with Crippen LogP contribution in [0.5, 0.6) is 0 Å². The van der Waals surface area contributed by atoms with E-state index in [-0.39, 0.29) is 18.0 Å². The number of amides is 3. The summed E-state index contributed by atoms with van der Waals surface area (Å²) in [6.45, 7) is 1.20. The Balaban J connectivity index is 1.29. The van der Waals surface area contributed by atoms with Crippen molar-refractivity contribution in [3.63, 3.8) is 0 Å². The molecule has 1 aliphatic rings. The van der Waals surface area contributed by atoms with E-state index in [0.717, 1.165) is 18.4 Å². The standard InChI is InChI=1S/C20H24N6O3/c27-19(23-15-4-1-2-5-15)14-7-8-18-17(12-14)24-25-26(18)10-9-21-20(28)22-13-16-6-3-11-29-16/h3,6-8,11-12,15H,1-2,4-5,9-10,13H2,(H,23,27)(H2,21,22,28). The molecule has 29 heavy (non-hydrogen) atoms. The summed E-state index contributed by atoms with van der Waals surface area (Å²) >= 11 is 0. The molecule has 3 aromatic rings. The Labute approximate surface area is 167 Å². The van der Waals surface area contributed by atoms with Crippen LogP contribution in [-0.2, 0) is 13.1 Å². The lowest BCUT2D eigenvalue weighted by Gasteiger charge is -2.11. The number of carbonyl (C=O) groups excluding carboxylic acids is 2. The molecule has 1 saturated carbocycles. The lowest BCUT2D eigenvalue weighted by Crippen LogP contribution is -2.36. The van der Waals surface area contributed by atoms with E-state index >= 15 is 0 Å². The normalized spacial score (nSPS) is 14.2. The largest absolute Gasteiger partial charge is 0.467 e. The van der Waals surface area contributed by atoms with Crippen LogP contribution >= 0.6 is 0 Å². The minimum Gasteiger partial charge on any atom is -0.467 e. The van der Waals surface area contributed by atoms with Gasteiger partial charge in [0.15, 0.2) is 0 Å². The monoisotopic (exact) mass is 396 g/mol. The number of furan rings is 1. The van der Waals surface area contributed by atoms with Gasteiger partial charge in [-0.25, -0.2) is 9.48 Å². The molecule has 0 bridgehead atoms. The van der Waals surface area contributed by atoms with Gasteiger partial charge in [-0.05, 0) is 43.2 Å². The van der Waals surface area contributed by atoms with Crippen LogP contribution in [0.1, 0.15) is 41.8 Å². The van der Waals surface area contributed by atoms with Crippen LogP contribution in [0.25, 0.3) is 11.0 Å². The molecule has 3 N–H and O–H groups in total. The molecule has 3 amide bonds. The predicted octanol–water partition coefficient (Wildman–Crippen LogP) is 2.20. The summed E-state index contributed by atoms with van der Waals surface area (Å²) in [6, 6.07) is 8.95. The van der Waals surface area contributed by atoms with Gasteiger partial charge in [-0.2, -0.15) is 0 Å². The average Bonchev–Trinajstić information content (AvgIpc) is 3.48. The highest BCUT2D eigenvalue weighted by Crippen LogP contribution is 2.19. The maximum absolute atomic E-state index is 12.4. The molecule has 0 unspecified atom stereocenters. The molecule has 9 nitrogen and oxygen atoms in total. The quantitative estimate of drug-likeness (QED) is 0.566. The van der Waals surface area contributed by atoms with Gasteiger partial charge in [0, 0.05) is 18.2 Å². The number of aromatic nitrogens is 3. The van der Waals surface area contributed by atoms with Crippen molar-refractivity contribution in [2.45, 2.75) is 44.8 Å². The zero-order valence-corrected chi connectivity index (χ0v) is 16.1. The summed E-state index contributed by atoms with van der Waals surface area (Å²) in [4.78, 5) is 24.3. The zero-order chi connectivity index (χ0) is 20.1. The fourth-order valence-electron chi connectivity index (χ4n) is 3.54. The first-order valence-electron chi connectivity index (χ1n) is 9.87. The number of urea groups is 1. The Morgan fingerprint density at radius 1 is 1.17 bits per heavy atom. The van der Waals surface area contributed by atoms with E-state index in [1.165, 1.54) is 12.8 Å². The lowest BCUT2D eigenvalue weighted by molar-refractivity contribution is 0.0938. The summed E-state index contributed by atoms with van der Waals surface area (Å²) in [6.07, 6.45) is 6.01. The number of carbonyl (C=O) groups is 2. The highest BCUT2D eigenvalue weighted by molar-refractivity contribution is 5.97. The summed E-state index contributed by atoms with van der Waals surface area (Å²) in [7, 11) is 0. The van der Waals surface area contributed by atoms with E-state index in [1.807, 2.05) is 6.07 Å². The molecule has 0 aliphatic heterocycles. The second-order valence-corrected chi connectivity index (χ2v) is 7.16. The van der Waals surface area contributed by atoms with Crippen LogP contribution in [0.3, 0.4) is 0 Å². The Kier molecular flexibility index (Phi) is 5.73. The maximum Gasteiger partial charge on any atom is 0.315 e. The Bertz CT molecular complexity index is 975. The predicted molar refractivity (Wildman–Crippen MR) is 106 cm³/mol. The number of benzene rings is 1. The molecule has 2 aromatic heterocycles. The molecule has 0 saturated heterocycles. The van der Waals surface area contributed by atoms with E-state index in [0.29, 0.717) is 36.5 Å². The van der Waals surface area contributed by atoms with Gasteiger partial charge in [0.2, 0.25) is 0 Å². The third-order valence-corrected chi connectivity index (χ3v) is 5.08. The van der Waals surface area contributed by atoms with Gasteiger partial charge in [0.1, 0.15) is 11.3 Å². The summed E-state index contributed by atoms with van der Waals surface area (Å²) in [5.41, 5.74) is 2.07. The number of nitrogens with zero attached hydrogens (tertiary/aromatic N) is 3. The lowest BCUT2D eigenvalue weighted by atomic mass is 10.1. The van der Waals surface area contributed by atoms with Crippen molar-refractivity contribution in [1.29, 1.82) is 0 Å². The minimum atomic E-state index is -0.281. The molecule has 4 rings (SSSR count). The van der Waals surface area contributed by atoms with Crippen molar-refractivity contribution in [2.24, 2.45) is 0 Å². The van der Waals surface area contributed by atoms with Gasteiger partial charge in [-0.3, -0.25) is 4.79 Å². The van der Waals surface area contributed by atoms with Gasteiger partial charge >= 0.3 is 6.03 Å². The number of rotatable bonds is 7. The van der Waals surface area contributed by atoms with Crippen molar-refractivity contribution in [2.75, 3.05) is 6.54 Å². The molecular weight excluding hydrogens is 372 g/mol. The zero-order valence-electron chi connectivity index (χ0n) is 16.1. The molecule has 1 aliphatic carbocycles. The first kappa shape index (κ1) is 19.0. The van der Waals surface area contributed by atoms with Crippen molar-refractivity contribution in [3.8, 4) is 0 Å². The molecule has 2 heterocycles. The Hall–Kier alpha value is -3.36. The smallest absolute Gasteiger partial charge is 0.315 e. The van der Waals surface area contributed by atoms with Gasteiger partial charge in [-0.1, -0.05) is 18.1 Å². The SMILES string of the molecule is O=C(NCCn1nnc2cc(C(=O)NC3CCCC3)ccc21)NCc1ccco1. The van der Waals surface area contributed by atoms with Crippen molar-refractivity contribution >= 4 is 23.0 Å². The maximum atomic E-state index is 12.4. The van der Waals surface area contributed by atoms with Crippen molar-refractivity contribution in [1.82, 2.24) is 30.9 Å². The topological polar surface area (TPSA) is 114 Å². The van der Waals surface area contributed by atoms with Crippen molar-refractivity contribution in [3.05, 3.63) is 47.9 Å². The molecule has 9 heteroatoms. The molecule has 0 atom stereocenters. The summed E-state index contributed by atoms with van der Waals surface area (Å²) < 4.78 is 6.87. The minimum absolute atomic E-state index is 0.0664. The first-order valence-corrected chi connectivity index (χ1v) is 9.87. The van der Waals surface area contributed by atoms with E-state index < -0.39 is 0 Å². The van der Waals surface area contributed by atoms with E-state index in [2.05, 4.69) is 26.3 Å². The number of fused-ring (bicyclic) bond motifs is 1. The fraction of sp³-hybridized carbons (Fsp3) is 0.400. The van der Waals surface area contributed by atoms with E-state index in [9.17, 15) is 9.59 Å². The molecular formula is C20H24N6O3. The Morgan fingerprint density at radius 2 is 2.03 bits per heavy atom. The second kappa shape index (κ2) is 8.76. The van der Waals surface area contributed by atoms with Gasteiger partial charge in [0.25, 0.3) is 5.91 Å². The third kappa shape index (κ3) is 4.74. The fourth-order valence-corrected chi connectivity index (χ4v) is 3.54. The number of hydrogen-bond acceptors (Lipinski definition) is 5. The van der Waals surface area contributed by atoms with Crippen molar-refractivity contribution < 1.29 is 14.0 Å². The highest BCUT2D eigenvalue weighted by Gasteiger charge is 2.18. The highest BCUT2D eigenvalue weighted by atomic mass is 16.3. The molecule has 0 radical (unpaired) electrons. The summed E-state index contributed by atoms with van der Waals surface area (Å²) in [5, 5.41) is 16.9. The number of nitrogens with one attached hydrogen (secondary N) is 3. The third-order valence-electron chi connectivity index (χ3n) is 5.08. The second-order valence-electron chi connectivity index (χ2n) is 7.16. The van der Waals surface area contributed by atoms with Crippen LogP contribution in [0.2, 0.25) is 0 Å². The average molecular weight is 396 g/mol. The molecule has 0 spiro atoms. The van der Waals surface area contributed by atoms with Crippen LogP contribution in [0.15, 0.2) is 41.0 Å². The van der Waals surface area contributed by atoms with Gasteiger partial charge < -0.3 is 20.4 Å². The Morgan fingerprint density at radius 3 is 2.83 bits per heavy atom.